The van der Waals surface area contributed by atoms with E-state index in [2.05, 4.69) is 5.32 Å². The van der Waals surface area contributed by atoms with Gasteiger partial charge in [0, 0.05) is 0 Å². The molecule has 3 heteroatoms. The van der Waals surface area contributed by atoms with Crippen LogP contribution in [-0.2, 0) is 4.79 Å². The van der Waals surface area contributed by atoms with Crippen molar-refractivity contribution in [1.29, 1.82) is 0 Å². The molecule has 13 heavy (non-hydrogen) atoms. The maximum Gasteiger partial charge on any atom is 0.133 e. The van der Waals surface area contributed by atoms with Gasteiger partial charge in [0.15, 0.2) is 0 Å². The van der Waals surface area contributed by atoms with Gasteiger partial charge in [-0.25, -0.2) is 0 Å². The molecular weight excluding hydrogens is 166 g/mol. The molecule has 0 spiro atoms. The Morgan fingerprint density at radius 1 is 1.31 bits per heavy atom. The summed E-state index contributed by atoms with van der Waals surface area (Å²) in [4.78, 5) is 10.0. The van der Waals surface area contributed by atoms with Gasteiger partial charge in [-0.1, -0.05) is 19.3 Å². The number of carbonyl (C=O) groups is 1. The lowest BCUT2D eigenvalue weighted by Gasteiger charge is -2.32. The predicted octanol–water partition coefficient (Wildman–Crippen LogP) is 0.860. The summed E-state index contributed by atoms with van der Waals surface area (Å²) >= 11 is 0. The number of aldehydes is 1. The van der Waals surface area contributed by atoms with Crippen LogP contribution < -0.4 is 5.32 Å². The van der Waals surface area contributed by atoms with Gasteiger partial charge in [0.1, 0.15) is 6.29 Å². The third-order valence-electron chi connectivity index (χ3n) is 2.78. The van der Waals surface area contributed by atoms with E-state index < -0.39 is 5.60 Å². The molecule has 1 saturated carbocycles. The van der Waals surface area contributed by atoms with Crippen LogP contribution in [0, 0.1) is 0 Å². The van der Waals surface area contributed by atoms with Crippen LogP contribution in [0.15, 0.2) is 0 Å². The fourth-order valence-electron chi connectivity index (χ4n) is 1.94. The molecule has 1 fully saturated rings. The van der Waals surface area contributed by atoms with Gasteiger partial charge in [0.05, 0.1) is 12.1 Å². The highest BCUT2D eigenvalue weighted by Gasteiger charge is 2.27. The number of hydrogen-bond donors (Lipinski definition) is 2. The summed E-state index contributed by atoms with van der Waals surface area (Å²) < 4.78 is 0. The van der Waals surface area contributed by atoms with E-state index in [-0.39, 0.29) is 0 Å². The number of hydrogen-bond acceptors (Lipinski definition) is 3. The monoisotopic (exact) mass is 185 g/mol. The Morgan fingerprint density at radius 2 is 2.00 bits per heavy atom. The lowest BCUT2D eigenvalue weighted by molar-refractivity contribution is -0.107. The molecule has 1 aliphatic carbocycles. The second kappa shape index (κ2) is 5.35. The Kier molecular flexibility index (Phi) is 4.39. The van der Waals surface area contributed by atoms with Crippen molar-refractivity contribution in [3.05, 3.63) is 0 Å². The van der Waals surface area contributed by atoms with Gasteiger partial charge in [-0.3, -0.25) is 0 Å². The minimum absolute atomic E-state index is 0.399. The van der Waals surface area contributed by atoms with Crippen molar-refractivity contribution in [2.45, 2.75) is 44.1 Å². The maximum atomic E-state index is 10.0. The zero-order valence-corrected chi connectivity index (χ0v) is 8.09. The zero-order valence-electron chi connectivity index (χ0n) is 8.09. The average Bonchev–Trinajstić information content (AvgIpc) is 2.14. The number of carbonyl (C=O) groups excluding carboxylic acids is 1. The zero-order chi connectivity index (χ0) is 9.57. The van der Waals surface area contributed by atoms with Gasteiger partial charge in [-0.15, -0.1) is 0 Å². The molecule has 1 rings (SSSR count). The Hall–Kier alpha value is -0.410. The van der Waals surface area contributed by atoms with Crippen LogP contribution in [-0.4, -0.2) is 30.1 Å². The molecule has 0 amide bonds. The lowest BCUT2D eigenvalue weighted by Crippen LogP contribution is -2.35. The molecule has 0 atom stereocenters. The molecule has 0 radical (unpaired) electrons. The topological polar surface area (TPSA) is 49.3 Å². The molecule has 0 bridgehead atoms. The predicted molar refractivity (Wildman–Crippen MR) is 51.6 cm³/mol. The van der Waals surface area contributed by atoms with Crippen molar-refractivity contribution in [2.75, 3.05) is 13.1 Å². The second-order valence-corrected chi connectivity index (χ2v) is 3.91. The number of aliphatic hydroxyl groups is 1. The summed E-state index contributed by atoms with van der Waals surface area (Å²) in [6.07, 6.45) is 7.02. The maximum absolute atomic E-state index is 10.0. The first-order valence-electron chi connectivity index (χ1n) is 5.14. The van der Waals surface area contributed by atoms with Gasteiger partial charge < -0.3 is 15.2 Å². The second-order valence-electron chi connectivity index (χ2n) is 3.91. The quantitative estimate of drug-likeness (QED) is 0.493. The van der Waals surface area contributed by atoms with Gasteiger partial charge >= 0.3 is 0 Å². The van der Waals surface area contributed by atoms with E-state index in [1.54, 1.807) is 0 Å². The van der Waals surface area contributed by atoms with E-state index in [4.69, 9.17) is 0 Å². The summed E-state index contributed by atoms with van der Waals surface area (Å²) in [6, 6.07) is 0. The fraction of sp³-hybridized carbons (Fsp3) is 0.900. The van der Waals surface area contributed by atoms with Crippen LogP contribution in [0.25, 0.3) is 0 Å². The molecule has 1 aliphatic rings. The largest absolute Gasteiger partial charge is 0.390 e. The Morgan fingerprint density at radius 3 is 2.62 bits per heavy atom. The van der Waals surface area contributed by atoms with Crippen LogP contribution >= 0.6 is 0 Å². The van der Waals surface area contributed by atoms with E-state index in [1.165, 1.54) is 6.42 Å². The van der Waals surface area contributed by atoms with E-state index in [0.29, 0.717) is 6.54 Å². The van der Waals surface area contributed by atoms with Gasteiger partial charge in [-0.05, 0) is 25.8 Å². The molecule has 0 aromatic rings. The number of nitrogens with one attached hydrogen (secondary N) is 1. The van der Waals surface area contributed by atoms with E-state index >= 15 is 0 Å². The van der Waals surface area contributed by atoms with Crippen LogP contribution in [0.4, 0.5) is 0 Å². The molecule has 0 aromatic heterocycles. The first-order chi connectivity index (χ1) is 6.27. The minimum Gasteiger partial charge on any atom is -0.390 e. The van der Waals surface area contributed by atoms with E-state index in [1.807, 2.05) is 0 Å². The highest BCUT2D eigenvalue weighted by molar-refractivity contribution is 5.51. The fourth-order valence-corrected chi connectivity index (χ4v) is 1.94. The minimum atomic E-state index is -0.450. The Labute approximate surface area is 79.5 Å². The molecule has 0 saturated heterocycles. The van der Waals surface area contributed by atoms with Crippen LogP contribution in [0.3, 0.4) is 0 Å². The van der Waals surface area contributed by atoms with Gasteiger partial charge in [-0.2, -0.15) is 0 Å². The molecule has 3 nitrogen and oxygen atoms in total. The SMILES string of the molecule is O=CCNCCC1(O)CCCCC1. The highest BCUT2D eigenvalue weighted by atomic mass is 16.3. The van der Waals surface area contributed by atoms with Crippen molar-refractivity contribution in [3.8, 4) is 0 Å². The van der Waals surface area contributed by atoms with Crippen LogP contribution in [0.1, 0.15) is 38.5 Å². The van der Waals surface area contributed by atoms with Crippen molar-refractivity contribution in [3.63, 3.8) is 0 Å². The number of rotatable bonds is 5. The normalized spacial score (nSPS) is 21.3. The van der Waals surface area contributed by atoms with Crippen molar-refractivity contribution < 1.29 is 9.90 Å². The third kappa shape index (κ3) is 3.87. The molecule has 76 valence electrons. The molecule has 0 aromatic carbocycles. The lowest BCUT2D eigenvalue weighted by atomic mass is 9.82. The first-order valence-corrected chi connectivity index (χ1v) is 5.14. The first kappa shape index (κ1) is 10.7. The highest BCUT2D eigenvalue weighted by Crippen LogP contribution is 2.30. The smallest absolute Gasteiger partial charge is 0.133 e. The van der Waals surface area contributed by atoms with Crippen molar-refractivity contribution in [2.24, 2.45) is 0 Å². The summed E-state index contributed by atoms with van der Waals surface area (Å²) in [5, 5.41) is 13.0. The van der Waals surface area contributed by atoms with Gasteiger partial charge in [0.2, 0.25) is 0 Å². The third-order valence-corrected chi connectivity index (χ3v) is 2.78. The van der Waals surface area contributed by atoms with Crippen LogP contribution in [0.5, 0.6) is 0 Å². The Balaban J connectivity index is 2.13. The summed E-state index contributed by atoms with van der Waals surface area (Å²) in [6.45, 7) is 1.14. The molecule has 2 N–H and O–H groups in total. The van der Waals surface area contributed by atoms with E-state index in [0.717, 1.165) is 44.9 Å². The molecule has 0 heterocycles. The van der Waals surface area contributed by atoms with Crippen molar-refractivity contribution >= 4 is 6.29 Å². The van der Waals surface area contributed by atoms with Crippen molar-refractivity contribution in [1.82, 2.24) is 5.32 Å². The van der Waals surface area contributed by atoms with Crippen LogP contribution in [0.2, 0.25) is 0 Å². The molecule has 0 aliphatic heterocycles. The van der Waals surface area contributed by atoms with E-state index in [9.17, 15) is 9.90 Å². The summed E-state index contributed by atoms with van der Waals surface area (Å²) in [5.41, 5.74) is -0.450. The standard InChI is InChI=1S/C10H19NO2/c12-9-8-11-7-6-10(13)4-2-1-3-5-10/h9,11,13H,1-8H2. The molecular formula is C10H19NO2. The summed E-state index contributed by atoms with van der Waals surface area (Å²) in [7, 11) is 0. The van der Waals surface area contributed by atoms with Gasteiger partial charge in [0.25, 0.3) is 0 Å². The summed E-state index contributed by atoms with van der Waals surface area (Å²) in [5.74, 6) is 0. The Bertz CT molecular complexity index is 153. The molecule has 0 unspecified atom stereocenters. The average molecular weight is 185 g/mol.